The maximum Gasteiger partial charge on any atom is 0.164 e. The smallest absolute Gasteiger partial charge is 0.164 e. The van der Waals surface area contributed by atoms with Gasteiger partial charge in [-0.3, -0.25) is 0 Å². The Hall–Kier alpha value is -5.81. The Bertz CT molecular complexity index is 2090. The van der Waals surface area contributed by atoms with Gasteiger partial charge in [-0.25, -0.2) is 15.0 Å². The predicted octanol–water partition coefficient (Wildman–Crippen LogP) is 9.05. The fourth-order valence-electron chi connectivity index (χ4n) is 6.19. The Morgan fingerprint density at radius 1 is 0.578 bits per heavy atom. The summed E-state index contributed by atoms with van der Waals surface area (Å²) in [5.41, 5.74) is 8.27. The van der Waals surface area contributed by atoms with E-state index in [2.05, 4.69) is 91.0 Å². The summed E-state index contributed by atoms with van der Waals surface area (Å²) < 4.78 is 12.3. The normalized spacial score (nSPS) is 16.3. The third-order valence-corrected chi connectivity index (χ3v) is 8.41. The minimum Gasteiger partial charge on any atom is -0.496 e. The first-order valence-corrected chi connectivity index (χ1v) is 15.1. The van der Waals surface area contributed by atoms with E-state index in [9.17, 15) is 0 Å². The number of methoxy groups -OCH3 is 1. The molecule has 0 amide bonds. The lowest BCUT2D eigenvalue weighted by atomic mass is 9.89. The molecule has 1 aliphatic carbocycles. The van der Waals surface area contributed by atoms with Crippen LogP contribution in [0.15, 0.2) is 146 Å². The Balaban J connectivity index is 1.22. The quantitative estimate of drug-likeness (QED) is 0.196. The van der Waals surface area contributed by atoms with Gasteiger partial charge >= 0.3 is 0 Å². The summed E-state index contributed by atoms with van der Waals surface area (Å²) in [4.78, 5) is 14.9. The molecule has 0 fully saturated rings. The van der Waals surface area contributed by atoms with Crippen molar-refractivity contribution in [2.75, 3.05) is 7.11 Å². The number of ether oxygens (including phenoxy) is 2. The van der Waals surface area contributed by atoms with Gasteiger partial charge in [0.15, 0.2) is 17.5 Å². The Labute approximate surface area is 262 Å². The molecule has 0 bridgehead atoms. The molecule has 216 valence electrons. The number of aromatic nitrogens is 3. The standard InChI is InChI=1S/C40H29N3O2/c1-44-36-24-28(20-22-33(36)31-17-9-8-16-30(31)26-12-4-2-5-13-26)39-41-38(27-14-6-3-7-15-27)42-40(43-39)29-21-23-34-32-18-10-11-19-35(32)45-37(34)25-29/h2-25,34,37H,1H3. The number of fused-ring (bicyclic) bond motifs is 3. The molecule has 8 rings (SSSR count). The number of hydrogen-bond donors (Lipinski definition) is 0. The second-order valence-electron chi connectivity index (χ2n) is 11.1. The fourth-order valence-corrected chi connectivity index (χ4v) is 6.19. The zero-order valence-electron chi connectivity index (χ0n) is 24.7. The average Bonchev–Trinajstić information content (AvgIpc) is 3.50. The van der Waals surface area contributed by atoms with Crippen molar-refractivity contribution in [1.29, 1.82) is 0 Å². The van der Waals surface area contributed by atoms with Crippen LogP contribution in [0, 0.1) is 0 Å². The monoisotopic (exact) mass is 583 g/mol. The minimum atomic E-state index is -0.105. The van der Waals surface area contributed by atoms with Crippen molar-refractivity contribution in [3.05, 3.63) is 157 Å². The highest BCUT2D eigenvalue weighted by atomic mass is 16.5. The van der Waals surface area contributed by atoms with Crippen LogP contribution in [0.5, 0.6) is 11.5 Å². The van der Waals surface area contributed by atoms with Crippen LogP contribution < -0.4 is 9.47 Å². The van der Waals surface area contributed by atoms with Gasteiger partial charge in [0.1, 0.15) is 17.6 Å². The SMILES string of the molecule is COc1cc(-c2nc(C3=CC4Oc5ccccc5C4C=C3)nc(-c3ccccc3)n2)ccc1-c1ccccc1-c1ccccc1. The van der Waals surface area contributed by atoms with Crippen LogP contribution in [-0.4, -0.2) is 28.2 Å². The van der Waals surface area contributed by atoms with Crippen LogP contribution in [0.3, 0.4) is 0 Å². The highest BCUT2D eigenvalue weighted by Crippen LogP contribution is 2.43. The number of nitrogens with zero attached hydrogens (tertiary/aromatic N) is 3. The summed E-state index contributed by atoms with van der Waals surface area (Å²) in [6, 6.07) is 43.2. The summed E-state index contributed by atoms with van der Waals surface area (Å²) in [6.07, 6.45) is 6.32. The molecule has 5 aromatic carbocycles. The van der Waals surface area contributed by atoms with Crippen LogP contribution in [0.2, 0.25) is 0 Å². The zero-order chi connectivity index (χ0) is 30.2. The van der Waals surface area contributed by atoms with E-state index < -0.39 is 0 Å². The molecule has 0 N–H and O–H groups in total. The largest absolute Gasteiger partial charge is 0.496 e. The van der Waals surface area contributed by atoms with Crippen molar-refractivity contribution in [3.63, 3.8) is 0 Å². The molecule has 0 spiro atoms. The lowest BCUT2D eigenvalue weighted by molar-refractivity contribution is 0.269. The molecule has 0 saturated heterocycles. The van der Waals surface area contributed by atoms with Crippen LogP contribution in [0.1, 0.15) is 17.3 Å². The molecule has 2 atom stereocenters. The summed E-state index contributed by atoms with van der Waals surface area (Å²) >= 11 is 0. The molecule has 2 unspecified atom stereocenters. The first kappa shape index (κ1) is 26.8. The second-order valence-corrected chi connectivity index (χ2v) is 11.1. The van der Waals surface area contributed by atoms with Crippen molar-refractivity contribution in [3.8, 4) is 56.5 Å². The Morgan fingerprint density at radius 3 is 2.00 bits per heavy atom. The van der Waals surface area contributed by atoms with E-state index in [4.69, 9.17) is 24.4 Å². The molecule has 5 heteroatoms. The first-order chi connectivity index (χ1) is 22.2. The molecule has 45 heavy (non-hydrogen) atoms. The molecular formula is C40H29N3O2. The maximum atomic E-state index is 6.30. The van der Waals surface area contributed by atoms with E-state index in [1.807, 2.05) is 54.6 Å². The van der Waals surface area contributed by atoms with E-state index in [0.717, 1.165) is 50.5 Å². The van der Waals surface area contributed by atoms with Crippen molar-refractivity contribution in [1.82, 2.24) is 15.0 Å². The van der Waals surface area contributed by atoms with Crippen molar-refractivity contribution in [2.24, 2.45) is 0 Å². The number of allylic oxidation sites excluding steroid dienone is 2. The maximum absolute atomic E-state index is 6.30. The first-order valence-electron chi connectivity index (χ1n) is 15.1. The molecule has 2 heterocycles. The molecule has 1 aliphatic heterocycles. The van der Waals surface area contributed by atoms with Crippen LogP contribution in [-0.2, 0) is 0 Å². The van der Waals surface area contributed by atoms with Gasteiger partial charge in [-0.1, -0.05) is 121 Å². The van der Waals surface area contributed by atoms with Gasteiger partial charge in [0.05, 0.1) is 7.11 Å². The third-order valence-electron chi connectivity index (χ3n) is 8.41. The predicted molar refractivity (Wildman–Crippen MR) is 179 cm³/mol. The summed E-state index contributed by atoms with van der Waals surface area (Å²) in [5, 5.41) is 0. The highest BCUT2D eigenvalue weighted by Gasteiger charge is 2.33. The summed E-state index contributed by atoms with van der Waals surface area (Å²) in [7, 11) is 1.70. The van der Waals surface area contributed by atoms with Gasteiger partial charge in [-0.2, -0.15) is 0 Å². The average molecular weight is 584 g/mol. The number of hydrogen-bond acceptors (Lipinski definition) is 5. The van der Waals surface area contributed by atoms with Gasteiger partial charge in [0.2, 0.25) is 0 Å². The van der Waals surface area contributed by atoms with E-state index in [1.165, 1.54) is 5.56 Å². The molecular weight excluding hydrogens is 554 g/mol. The number of benzene rings is 5. The van der Waals surface area contributed by atoms with Gasteiger partial charge < -0.3 is 9.47 Å². The second kappa shape index (κ2) is 11.4. The summed E-state index contributed by atoms with van der Waals surface area (Å²) in [5.74, 6) is 3.64. The molecule has 6 aromatic rings. The summed E-state index contributed by atoms with van der Waals surface area (Å²) in [6.45, 7) is 0. The van der Waals surface area contributed by atoms with E-state index in [-0.39, 0.29) is 12.0 Å². The zero-order valence-corrected chi connectivity index (χ0v) is 24.7. The number of para-hydroxylation sites is 1. The third kappa shape index (κ3) is 4.98. The number of rotatable bonds is 6. The lowest BCUT2D eigenvalue weighted by Crippen LogP contribution is -2.18. The molecule has 1 aromatic heterocycles. The Kier molecular flexibility index (Phi) is 6.76. The van der Waals surface area contributed by atoms with Crippen LogP contribution >= 0.6 is 0 Å². The Morgan fingerprint density at radius 2 is 1.22 bits per heavy atom. The van der Waals surface area contributed by atoms with Gasteiger partial charge in [-0.05, 0) is 41.0 Å². The lowest BCUT2D eigenvalue weighted by Gasteiger charge is -2.18. The van der Waals surface area contributed by atoms with Crippen LogP contribution in [0.25, 0.3) is 50.6 Å². The fraction of sp³-hybridized carbons (Fsp3) is 0.0750. The van der Waals surface area contributed by atoms with Gasteiger partial charge in [-0.15, -0.1) is 0 Å². The highest BCUT2D eigenvalue weighted by molar-refractivity contribution is 5.87. The van der Waals surface area contributed by atoms with E-state index >= 15 is 0 Å². The van der Waals surface area contributed by atoms with E-state index in [0.29, 0.717) is 17.5 Å². The van der Waals surface area contributed by atoms with Crippen molar-refractivity contribution in [2.45, 2.75) is 12.0 Å². The van der Waals surface area contributed by atoms with Crippen molar-refractivity contribution >= 4 is 5.57 Å². The molecule has 2 aliphatic rings. The van der Waals surface area contributed by atoms with Crippen LogP contribution in [0.4, 0.5) is 0 Å². The van der Waals surface area contributed by atoms with E-state index in [1.54, 1.807) is 7.11 Å². The van der Waals surface area contributed by atoms with Gasteiger partial charge in [0, 0.05) is 33.7 Å². The molecule has 0 saturated carbocycles. The molecule has 5 nitrogen and oxygen atoms in total. The van der Waals surface area contributed by atoms with Gasteiger partial charge in [0.25, 0.3) is 0 Å². The van der Waals surface area contributed by atoms with Crippen molar-refractivity contribution < 1.29 is 9.47 Å². The minimum absolute atomic E-state index is 0.105. The topological polar surface area (TPSA) is 57.1 Å². The molecule has 0 radical (unpaired) electrons.